The van der Waals surface area contributed by atoms with Gasteiger partial charge in [-0.15, -0.1) is 0 Å². The molecular formula is C13H13N3O4S. The Morgan fingerprint density at radius 2 is 2.00 bits per heavy atom. The lowest BCUT2D eigenvalue weighted by molar-refractivity contribution is 0.0690. The Morgan fingerprint density at radius 1 is 1.29 bits per heavy atom. The molecule has 0 spiro atoms. The van der Waals surface area contributed by atoms with Crippen molar-refractivity contribution in [1.29, 1.82) is 0 Å². The van der Waals surface area contributed by atoms with E-state index in [1.807, 2.05) is 0 Å². The van der Waals surface area contributed by atoms with E-state index in [0.717, 1.165) is 12.8 Å². The minimum atomic E-state index is -3.65. The summed E-state index contributed by atoms with van der Waals surface area (Å²) in [6, 6.07) is 7.66. The Balaban J connectivity index is 2.04. The quantitative estimate of drug-likeness (QED) is 0.858. The van der Waals surface area contributed by atoms with Crippen molar-refractivity contribution in [1.82, 2.24) is 14.5 Å². The van der Waals surface area contributed by atoms with Crippen molar-refractivity contribution >= 4 is 16.0 Å². The number of carboxylic acids is 1. The summed E-state index contributed by atoms with van der Waals surface area (Å²) < 4.78 is 28.6. The zero-order valence-electron chi connectivity index (χ0n) is 10.9. The Hall–Kier alpha value is -2.19. The fourth-order valence-corrected chi connectivity index (χ4v) is 3.43. The average Bonchev–Trinajstić information content (AvgIpc) is 3.09. The second-order valence-corrected chi connectivity index (χ2v) is 6.50. The van der Waals surface area contributed by atoms with E-state index in [2.05, 4.69) is 9.82 Å². The number of carbonyl (C=O) groups is 1. The van der Waals surface area contributed by atoms with Crippen LogP contribution >= 0.6 is 0 Å². The third kappa shape index (κ3) is 2.81. The van der Waals surface area contributed by atoms with E-state index < -0.39 is 16.0 Å². The molecule has 0 aliphatic heterocycles. The summed E-state index contributed by atoms with van der Waals surface area (Å²) in [5.41, 5.74) is 0.176. The molecule has 0 unspecified atom stereocenters. The number of aromatic carboxylic acids is 1. The number of carboxylic acid groups (broad SMARTS) is 1. The van der Waals surface area contributed by atoms with E-state index in [1.54, 1.807) is 18.2 Å². The van der Waals surface area contributed by atoms with Gasteiger partial charge in [-0.2, -0.15) is 5.10 Å². The van der Waals surface area contributed by atoms with Crippen molar-refractivity contribution in [3.05, 3.63) is 42.2 Å². The number of nitrogens with one attached hydrogen (secondary N) is 1. The lowest BCUT2D eigenvalue weighted by Gasteiger charge is -2.10. The largest absolute Gasteiger partial charge is 0.476 e. The van der Waals surface area contributed by atoms with E-state index in [1.165, 1.54) is 23.0 Å². The molecule has 2 aromatic rings. The van der Waals surface area contributed by atoms with Gasteiger partial charge in [0.15, 0.2) is 5.69 Å². The van der Waals surface area contributed by atoms with E-state index in [9.17, 15) is 13.2 Å². The van der Waals surface area contributed by atoms with Gasteiger partial charge in [0, 0.05) is 12.2 Å². The first-order valence-electron chi connectivity index (χ1n) is 6.38. The van der Waals surface area contributed by atoms with Gasteiger partial charge in [0.25, 0.3) is 0 Å². The molecule has 21 heavy (non-hydrogen) atoms. The molecule has 0 radical (unpaired) electrons. The van der Waals surface area contributed by atoms with Crippen molar-refractivity contribution < 1.29 is 18.3 Å². The van der Waals surface area contributed by atoms with Crippen molar-refractivity contribution in [2.45, 2.75) is 23.8 Å². The third-order valence-corrected chi connectivity index (χ3v) is 4.68. The molecule has 7 nitrogen and oxygen atoms in total. The molecule has 1 aromatic carbocycles. The summed E-state index contributed by atoms with van der Waals surface area (Å²) in [5, 5.41) is 12.8. The van der Waals surface area contributed by atoms with E-state index in [-0.39, 0.29) is 16.6 Å². The summed E-state index contributed by atoms with van der Waals surface area (Å²) >= 11 is 0. The number of para-hydroxylation sites is 1. The number of nitrogens with zero attached hydrogens (tertiary/aromatic N) is 2. The summed E-state index contributed by atoms with van der Waals surface area (Å²) in [4.78, 5) is 11.0. The van der Waals surface area contributed by atoms with Crippen LogP contribution in [0.15, 0.2) is 41.4 Å². The molecule has 8 heteroatoms. The first-order chi connectivity index (χ1) is 9.97. The number of hydrogen-bond donors (Lipinski definition) is 2. The lowest BCUT2D eigenvalue weighted by atomic mass is 10.3. The van der Waals surface area contributed by atoms with Gasteiger partial charge in [-0.05, 0) is 31.0 Å². The van der Waals surface area contributed by atoms with Crippen molar-refractivity contribution in [2.75, 3.05) is 0 Å². The highest BCUT2D eigenvalue weighted by molar-refractivity contribution is 7.89. The lowest BCUT2D eigenvalue weighted by Crippen LogP contribution is -2.26. The van der Waals surface area contributed by atoms with Gasteiger partial charge in [-0.3, -0.25) is 0 Å². The molecule has 1 heterocycles. The number of rotatable bonds is 5. The summed E-state index contributed by atoms with van der Waals surface area (Å²) in [5.74, 6) is -1.16. The van der Waals surface area contributed by atoms with Crippen molar-refractivity contribution in [3.63, 3.8) is 0 Å². The van der Waals surface area contributed by atoms with Gasteiger partial charge in [-0.25, -0.2) is 22.6 Å². The summed E-state index contributed by atoms with van der Waals surface area (Å²) in [6.45, 7) is 0. The fourth-order valence-electron chi connectivity index (χ4n) is 1.93. The van der Waals surface area contributed by atoms with Crippen LogP contribution in [0.3, 0.4) is 0 Å². The van der Waals surface area contributed by atoms with E-state index in [0.29, 0.717) is 5.69 Å². The third-order valence-electron chi connectivity index (χ3n) is 3.11. The molecular weight excluding hydrogens is 294 g/mol. The van der Waals surface area contributed by atoms with Gasteiger partial charge in [0.1, 0.15) is 4.90 Å². The normalized spacial score (nSPS) is 15.0. The molecule has 1 aromatic heterocycles. The first-order valence-corrected chi connectivity index (χ1v) is 7.86. The molecule has 1 aliphatic carbocycles. The Morgan fingerprint density at radius 3 is 2.62 bits per heavy atom. The number of benzene rings is 1. The highest BCUT2D eigenvalue weighted by Crippen LogP contribution is 2.25. The molecule has 0 saturated heterocycles. The Kier molecular flexibility index (Phi) is 3.26. The van der Waals surface area contributed by atoms with Gasteiger partial charge in [0.2, 0.25) is 10.0 Å². The van der Waals surface area contributed by atoms with Crippen LogP contribution in [0.5, 0.6) is 0 Å². The van der Waals surface area contributed by atoms with Crippen LogP contribution in [0, 0.1) is 0 Å². The second-order valence-electron chi connectivity index (χ2n) is 4.81. The summed E-state index contributed by atoms with van der Waals surface area (Å²) in [6.07, 6.45) is 3.10. The first kappa shape index (κ1) is 13.8. The molecule has 1 aliphatic rings. The zero-order valence-corrected chi connectivity index (χ0v) is 11.7. The van der Waals surface area contributed by atoms with Gasteiger partial charge < -0.3 is 5.11 Å². The standard InChI is InChI=1S/C13H13N3O4S/c17-13(18)10-7-8-16(14-10)11-3-1-2-4-12(11)21(19,20)15-9-5-6-9/h1-4,7-9,15H,5-6H2,(H,17,18). The summed E-state index contributed by atoms with van der Waals surface area (Å²) in [7, 11) is -3.65. The topological polar surface area (TPSA) is 101 Å². The van der Waals surface area contributed by atoms with E-state index in [4.69, 9.17) is 5.11 Å². The predicted molar refractivity (Wildman–Crippen MR) is 73.9 cm³/mol. The minimum Gasteiger partial charge on any atom is -0.476 e. The maximum Gasteiger partial charge on any atom is 0.356 e. The molecule has 0 atom stereocenters. The Labute approximate surface area is 121 Å². The molecule has 2 N–H and O–H groups in total. The highest BCUT2D eigenvalue weighted by Gasteiger charge is 2.29. The highest BCUT2D eigenvalue weighted by atomic mass is 32.2. The van der Waals surface area contributed by atoms with Crippen molar-refractivity contribution in [3.8, 4) is 5.69 Å². The monoisotopic (exact) mass is 307 g/mol. The van der Waals surface area contributed by atoms with Crippen molar-refractivity contribution in [2.24, 2.45) is 0 Å². The SMILES string of the molecule is O=C(O)c1ccn(-c2ccccc2S(=O)(=O)NC2CC2)n1. The zero-order chi connectivity index (χ0) is 15.0. The van der Waals surface area contributed by atoms with Crippen LogP contribution in [0.25, 0.3) is 5.69 Å². The number of hydrogen-bond acceptors (Lipinski definition) is 4. The maximum absolute atomic E-state index is 12.3. The smallest absolute Gasteiger partial charge is 0.356 e. The van der Waals surface area contributed by atoms with Crippen LogP contribution in [0.2, 0.25) is 0 Å². The second kappa shape index (κ2) is 4.97. The van der Waals surface area contributed by atoms with Crippen LogP contribution in [0.1, 0.15) is 23.3 Å². The molecule has 1 saturated carbocycles. The average molecular weight is 307 g/mol. The van der Waals surface area contributed by atoms with Gasteiger partial charge in [0.05, 0.1) is 5.69 Å². The van der Waals surface area contributed by atoms with Crippen LogP contribution in [-0.4, -0.2) is 35.3 Å². The molecule has 0 bridgehead atoms. The minimum absolute atomic E-state index is 0.00439. The van der Waals surface area contributed by atoms with Crippen LogP contribution in [0.4, 0.5) is 0 Å². The molecule has 110 valence electrons. The van der Waals surface area contributed by atoms with E-state index >= 15 is 0 Å². The number of aromatic nitrogens is 2. The maximum atomic E-state index is 12.3. The van der Waals surface area contributed by atoms with Crippen LogP contribution in [-0.2, 0) is 10.0 Å². The van der Waals surface area contributed by atoms with Crippen LogP contribution < -0.4 is 4.72 Å². The number of sulfonamides is 1. The van der Waals surface area contributed by atoms with Gasteiger partial charge >= 0.3 is 5.97 Å². The molecule has 0 amide bonds. The predicted octanol–water partition coefficient (Wildman–Crippen LogP) is 1.01. The Bertz CT molecular complexity index is 793. The molecule has 3 rings (SSSR count). The van der Waals surface area contributed by atoms with Gasteiger partial charge in [-0.1, -0.05) is 12.1 Å². The molecule has 1 fully saturated rings. The fraction of sp³-hybridized carbons (Fsp3) is 0.231.